The van der Waals surface area contributed by atoms with Crippen LogP contribution in [0.4, 0.5) is 0 Å². The Kier molecular flexibility index (Phi) is 5.67. The van der Waals surface area contributed by atoms with Crippen molar-refractivity contribution in [3.05, 3.63) is 0 Å². The van der Waals surface area contributed by atoms with E-state index in [4.69, 9.17) is 0 Å². The third kappa shape index (κ3) is 5.05. The highest BCUT2D eigenvalue weighted by atomic mass is 15.2. The lowest BCUT2D eigenvalue weighted by molar-refractivity contribution is 0.194. The molecule has 2 rings (SSSR count). The quantitative estimate of drug-likeness (QED) is 0.726. The van der Waals surface area contributed by atoms with Crippen LogP contribution in [0.15, 0.2) is 0 Å². The van der Waals surface area contributed by atoms with E-state index in [-0.39, 0.29) is 0 Å². The van der Waals surface area contributed by atoms with E-state index in [1.165, 1.54) is 71.4 Å². The first-order valence-electron chi connectivity index (χ1n) is 8.21. The fraction of sp³-hybridized carbons (Fsp3) is 1.00. The van der Waals surface area contributed by atoms with Gasteiger partial charge in [0.25, 0.3) is 0 Å². The van der Waals surface area contributed by atoms with Crippen LogP contribution < -0.4 is 5.32 Å². The summed E-state index contributed by atoms with van der Waals surface area (Å²) in [4.78, 5) is 5.09. The second-order valence-corrected chi connectivity index (χ2v) is 7.05. The zero-order valence-corrected chi connectivity index (χ0v) is 13.2. The molecule has 0 aromatic rings. The normalized spacial score (nSPS) is 23.2. The van der Waals surface area contributed by atoms with Gasteiger partial charge in [0.2, 0.25) is 0 Å². The summed E-state index contributed by atoms with van der Waals surface area (Å²) in [6, 6.07) is 0. The molecule has 3 nitrogen and oxygen atoms in total. The number of likely N-dealkylation sites (N-methyl/N-ethyl adjacent to an activating group) is 2. The van der Waals surface area contributed by atoms with Crippen LogP contribution in [0, 0.1) is 11.3 Å². The highest BCUT2D eigenvalue weighted by molar-refractivity contribution is 4.93. The average molecular weight is 267 g/mol. The third-order valence-corrected chi connectivity index (χ3v) is 5.20. The summed E-state index contributed by atoms with van der Waals surface area (Å²) in [5, 5.41) is 3.45. The Morgan fingerprint density at radius 3 is 2.26 bits per heavy atom. The zero-order chi connectivity index (χ0) is 13.7. The Labute approximate surface area is 119 Å². The van der Waals surface area contributed by atoms with Crippen molar-refractivity contribution in [2.75, 3.05) is 53.4 Å². The van der Waals surface area contributed by atoms with Gasteiger partial charge < -0.3 is 15.1 Å². The second kappa shape index (κ2) is 7.05. The van der Waals surface area contributed by atoms with Gasteiger partial charge in [-0.15, -0.1) is 0 Å². The van der Waals surface area contributed by atoms with E-state index in [0.29, 0.717) is 5.41 Å². The molecule has 1 heterocycles. The number of rotatable bonds is 8. The maximum atomic E-state index is 3.45. The lowest BCUT2D eigenvalue weighted by Crippen LogP contribution is -2.38. The van der Waals surface area contributed by atoms with Crippen molar-refractivity contribution < 1.29 is 0 Å². The van der Waals surface area contributed by atoms with Gasteiger partial charge in [-0.25, -0.2) is 0 Å². The summed E-state index contributed by atoms with van der Waals surface area (Å²) in [6.07, 6.45) is 7.00. The van der Waals surface area contributed by atoms with Gasteiger partial charge in [-0.2, -0.15) is 0 Å². The van der Waals surface area contributed by atoms with Gasteiger partial charge in [0.1, 0.15) is 0 Å². The Morgan fingerprint density at radius 1 is 1.05 bits per heavy atom. The maximum absolute atomic E-state index is 3.45. The largest absolute Gasteiger partial charge is 0.317 e. The highest BCUT2D eigenvalue weighted by Gasteiger charge is 2.41. The predicted octanol–water partition coefficient (Wildman–Crippen LogP) is 2.04. The first-order valence-corrected chi connectivity index (χ1v) is 8.21. The van der Waals surface area contributed by atoms with E-state index in [1.54, 1.807) is 0 Å². The van der Waals surface area contributed by atoms with Crippen LogP contribution in [0.2, 0.25) is 0 Å². The molecule has 0 bridgehead atoms. The van der Waals surface area contributed by atoms with Crippen molar-refractivity contribution in [3.8, 4) is 0 Å². The van der Waals surface area contributed by atoms with Crippen molar-refractivity contribution in [1.82, 2.24) is 15.1 Å². The van der Waals surface area contributed by atoms with Crippen molar-refractivity contribution in [3.63, 3.8) is 0 Å². The molecule has 0 aromatic carbocycles. The molecule has 1 saturated heterocycles. The molecular formula is C16H33N3. The molecule has 1 saturated carbocycles. The van der Waals surface area contributed by atoms with Crippen molar-refractivity contribution in [2.45, 2.75) is 39.0 Å². The Hall–Kier alpha value is -0.120. The Balaban J connectivity index is 1.58. The molecule has 0 radical (unpaired) electrons. The summed E-state index contributed by atoms with van der Waals surface area (Å²) in [7, 11) is 4.59. The maximum Gasteiger partial charge on any atom is 0.0106 e. The van der Waals surface area contributed by atoms with Crippen LogP contribution >= 0.6 is 0 Å². The average Bonchev–Trinajstić information content (AvgIpc) is 3.18. The van der Waals surface area contributed by atoms with E-state index in [2.05, 4.69) is 36.1 Å². The first kappa shape index (κ1) is 15.3. The number of nitrogens with one attached hydrogen (secondary N) is 1. The predicted molar refractivity (Wildman–Crippen MR) is 82.5 cm³/mol. The molecule has 0 aromatic heterocycles. The van der Waals surface area contributed by atoms with Crippen molar-refractivity contribution in [2.24, 2.45) is 11.3 Å². The zero-order valence-electron chi connectivity index (χ0n) is 13.2. The minimum atomic E-state index is 0.697. The van der Waals surface area contributed by atoms with E-state index in [1.807, 2.05) is 0 Å². The summed E-state index contributed by atoms with van der Waals surface area (Å²) >= 11 is 0. The molecule has 112 valence electrons. The van der Waals surface area contributed by atoms with Crippen LogP contribution in [-0.2, 0) is 0 Å². The monoisotopic (exact) mass is 267 g/mol. The van der Waals surface area contributed by atoms with E-state index < -0.39 is 0 Å². The van der Waals surface area contributed by atoms with Gasteiger partial charge in [0.05, 0.1) is 0 Å². The standard InChI is InChI=1S/C16H33N3/c1-4-16(7-8-16)14-19(3)12-11-18(2)13-15-5-9-17-10-6-15/h15,17H,4-14H2,1-3H3. The summed E-state index contributed by atoms with van der Waals surface area (Å²) in [5.41, 5.74) is 0.697. The highest BCUT2D eigenvalue weighted by Crippen LogP contribution is 2.48. The molecular weight excluding hydrogens is 234 g/mol. The van der Waals surface area contributed by atoms with Crippen molar-refractivity contribution in [1.29, 1.82) is 0 Å². The lowest BCUT2D eigenvalue weighted by Gasteiger charge is -2.29. The van der Waals surface area contributed by atoms with E-state index in [0.717, 1.165) is 5.92 Å². The number of piperidine rings is 1. The minimum Gasteiger partial charge on any atom is -0.317 e. The summed E-state index contributed by atoms with van der Waals surface area (Å²) < 4.78 is 0. The molecule has 19 heavy (non-hydrogen) atoms. The number of hydrogen-bond acceptors (Lipinski definition) is 3. The molecule has 3 heteroatoms. The summed E-state index contributed by atoms with van der Waals surface area (Å²) in [6.45, 7) is 9.83. The minimum absolute atomic E-state index is 0.697. The topological polar surface area (TPSA) is 18.5 Å². The number of nitrogens with zero attached hydrogens (tertiary/aromatic N) is 2. The number of hydrogen-bond donors (Lipinski definition) is 1. The molecule has 2 fully saturated rings. The molecule has 1 N–H and O–H groups in total. The van der Waals surface area contributed by atoms with E-state index in [9.17, 15) is 0 Å². The van der Waals surface area contributed by atoms with Crippen LogP contribution in [-0.4, -0.2) is 63.2 Å². The van der Waals surface area contributed by atoms with Crippen molar-refractivity contribution >= 4 is 0 Å². The van der Waals surface area contributed by atoms with Crippen LogP contribution in [0.1, 0.15) is 39.0 Å². The Morgan fingerprint density at radius 2 is 1.68 bits per heavy atom. The third-order valence-electron chi connectivity index (χ3n) is 5.20. The molecule has 1 aliphatic heterocycles. The summed E-state index contributed by atoms with van der Waals surface area (Å²) in [5.74, 6) is 0.918. The first-order chi connectivity index (χ1) is 9.13. The molecule has 0 unspecified atom stereocenters. The van der Waals surface area contributed by atoms with Gasteiger partial charge in [-0.05, 0) is 70.6 Å². The van der Waals surface area contributed by atoms with Crippen LogP contribution in [0.25, 0.3) is 0 Å². The molecule has 2 aliphatic rings. The van der Waals surface area contributed by atoms with E-state index >= 15 is 0 Å². The van der Waals surface area contributed by atoms with Gasteiger partial charge in [-0.1, -0.05) is 6.92 Å². The molecule has 0 atom stereocenters. The molecule has 0 amide bonds. The van der Waals surface area contributed by atoms with Gasteiger partial charge in [0, 0.05) is 26.2 Å². The van der Waals surface area contributed by atoms with Gasteiger partial charge >= 0.3 is 0 Å². The fourth-order valence-corrected chi connectivity index (χ4v) is 3.39. The molecule has 0 spiro atoms. The van der Waals surface area contributed by atoms with Crippen LogP contribution in [0.5, 0.6) is 0 Å². The Bertz CT molecular complexity index is 257. The SMILES string of the molecule is CCC1(CN(C)CCN(C)CC2CCNCC2)CC1. The lowest BCUT2D eigenvalue weighted by atomic mass is 9.98. The smallest absolute Gasteiger partial charge is 0.0106 e. The molecule has 1 aliphatic carbocycles. The van der Waals surface area contributed by atoms with Crippen LogP contribution in [0.3, 0.4) is 0 Å². The fourth-order valence-electron chi connectivity index (χ4n) is 3.39. The second-order valence-electron chi connectivity index (χ2n) is 7.05. The van der Waals surface area contributed by atoms with Gasteiger partial charge in [0.15, 0.2) is 0 Å². The van der Waals surface area contributed by atoms with Gasteiger partial charge in [-0.3, -0.25) is 0 Å².